The Morgan fingerprint density at radius 2 is 1.93 bits per heavy atom. The van der Waals surface area contributed by atoms with Crippen LogP contribution in [0.4, 0.5) is 5.69 Å². The van der Waals surface area contributed by atoms with Crippen LogP contribution in [0.25, 0.3) is 0 Å². The van der Waals surface area contributed by atoms with Crippen molar-refractivity contribution >= 4 is 11.6 Å². The van der Waals surface area contributed by atoms with Crippen LogP contribution >= 0.6 is 0 Å². The molecule has 0 saturated carbocycles. The van der Waals surface area contributed by atoms with Gasteiger partial charge in [-0.2, -0.15) is 0 Å². The minimum Gasteiger partial charge on any atom is -0.378 e. The van der Waals surface area contributed by atoms with Crippen LogP contribution in [0, 0.1) is 0 Å². The van der Waals surface area contributed by atoms with Gasteiger partial charge in [-0.3, -0.25) is 14.7 Å². The van der Waals surface area contributed by atoms with Crippen LogP contribution in [0.1, 0.15) is 41.7 Å². The number of rotatable bonds is 6. The fourth-order valence-electron chi connectivity index (χ4n) is 4.48. The summed E-state index contributed by atoms with van der Waals surface area (Å²) in [6.07, 6.45) is 5.96. The van der Waals surface area contributed by atoms with Crippen molar-refractivity contribution in [2.24, 2.45) is 0 Å². The first kappa shape index (κ1) is 20.8. The smallest absolute Gasteiger partial charge is 0.269 e. The number of aromatic nitrogens is 1. The van der Waals surface area contributed by atoms with Gasteiger partial charge in [-0.15, -0.1) is 0 Å². The Hall–Kier alpha value is -2.44. The monoisotopic (exact) mass is 408 g/mol. The first-order chi connectivity index (χ1) is 14.5. The number of benzene rings is 1. The molecule has 0 radical (unpaired) electrons. The molecule has 0 aliphatic carbocycles. The summed E-state index contributed by atoms with van der Waals surface area (Å²) in [6, 6.07) is 14.2. The Morgan fingerprint density at radius 3 is 2.60 bits per heavy atom. The molecule has 6 heteroatoms. The van der Waals surface area contributed by atoms with Crippen molar-refractivity contribution in [2.75, 3.05) is 38.6 Å². The largest absolute Gasteiger partial charge is 0.378 e. The summed E-state index contributed by atoms with van der Waals surface area (Å²) >= 11 is 0. The predicted molar refractivity (Wildman–Crippen MR) is 119 cm³/mol. The second-order valence-electron chi connectivity index (χ2n) is 8.72. The van der Waals surface area contributed by atoms with Gasteiger partial charge < -0.3 is 15.0 Å². The maximum atomic E-state index is 12.2. The molecule has 3 heterocycles. The lowest BCUT2D eigenvalue weighted by atomic mass is 9.88. The number of nitrogens with zero attached hydrogens (tertiary/aromatic N) is 3. The first-order valence-electron chi connectivity index (χ1n) is 10.9. The molecule has 2 fully saturated rings. The second kappa shape index (κ2) is 9.14. The summed E-state index contributed by atoms with van der Waals surface area (Å²) in [7, 11) is 4.13. The number of nitrogens with one attached hydrogen (secondary N) is 1. The minimum atomic E-state index is -0.129. The summed E-state index contributed by atoms with van der Waals surface area (Å²) < 4.78 is 6.45. The third-order valence-corrected chi connectivity index (χ3v) is 6.35. The number of piperidine rings is 1. The molecule has 2 aromatic rings. The predicted octanol–water partition coefficient (Wildman–Crippen LogP) is 3.09. The molecule has 30 heavy (non-hydrogen) atoms. The van der Waals surface area contributed by atoms with Crippen LogP contribution in [-0.4, -0.2) is 61.2 Å². The molecule has 1 N–H and O–H groups in total. The molecule has 1 aromatic carbocycles. The molecule has 2 saturated heterocycles. The van der Waals surface area contributed by atoms with Gasteiger partial charge in [-0.1, -0.05) is 18.2 Å². The van der Waals surface area contributed by atoms with E-state index in [1.54, 1.807) is 12.3 Å². The first-order valence-corrected chi connectivity index (χ1v) is 10.9. The van der Waals surface area contributed by atoms with Gasteiger partial charge in [0.1, 0.15) is 5.69 Å². The van der Waals surface area contributed by atoms with Gasteiger partial charge in [-0.25, -0.2) is 0 Å². The van der Waals surface area contributed by atoms with E-state index in [0.717, 1.165) is 45.3 Å². The minimum absolute atomic E-state index is 0.00826. The van der Waals surface area contributed by atoms with E-state index in [1.165, 1.54) is 11.3 Å². The number of hydrogen-bond donors (Lipinski definition) is 1. The van der Waals surface area contributed by atoms with Gasteiger partial charge in [0.2, 0.25) is 0 Å². The molecule has 4 rings (SSSR count). The summed E-state index contributed by atoms with van der Waals surface area (Å²) in [6.45, 7) is 3.66. The van der Waals surface area contributed by atoms with Gasteiger partial charge in [0.25, 0.3) is 5.91 Å². The Bertz CT molecular complexity index is 830. The van der Waals surface area contributed by atoms with E-state index in [-0.39, 0.29) is 17.6 Å². The summed E-state index contributed by atoms with van der Waals surface area (Å²) in [5, 5.41) is 2.98. The highest BCUT2D eigenvalue weighted by Crippen LogP contribution is 2.39. The standard InChI is InChI=1S/C24H32N4O2/c1-27(2)20-8-6-19(7-9-20)18-28-15-12-24(13-16-28)11-10-21(30-24)17-26-23(29)22-5-3-4-14-25-22/h3-9,14,21H,10-13,15-18H2,1-2H3,(H,26,29)/t21-/m1/s1. The number of ether oxygens (including phenoxy) is 1. The Balaban J connectivity index is 1.22. The maximum absolute atomic E-state index is 12.2. The Labute approximate surface area is 179 Å². The molecular weight excluding hydrogens is 376 g/mol. The number of amides is 1. The summed E-state index contributed by atoms with van der Waals surface area (Å²) in [5.41, 5.74) is 3.04. The Kier molecular flexibility index (Phi) is 6.35. The van der Waals surface area contributed by atoms with Crippen molar-refractivity contribution in [3.05, 3.63) is 59.9 Å². The third kappa shape index (κ3) is 4.99. The van der Waals surface area contributed by atoms with Crippen molar-refractivity contribution in [1.29, 1.82) is 0 Å². The topological polar surface area (TPSA) is 57.7 Å². The van der Waals surface area contributed by atoms with Gasteiger partial charge >= 0.3 is 0 Å². The van der Waals surface area contributed by atoms with E-state index in [4.69, 9.17) is 4.74 Å². The van der Waals surface area contributed by atoms with E-state index in [0.29, 0.717) is 12.2 Å². The zero-order valence-electron chi connectivity index (χ0n) is 18.0. The molecule has 1 atom stereocenters. The quantitative estimate of drug-likeness (QED) is 0.796. The van der Waals surface area contributed by atoms with Crippen molar-refractivity contribution in [2.45, 2.75) is 43.9 Å². The number of carbonyl (C=O) groups is 1. The highest BCUT2D eigenvalue weighted by atomic mass is 16.5. The zero-order valence-corrected chi connectivity index (χ0v) is 18.0. The molecular formula is C24H32N4O2. The molecule has 1 amide bonds. The average molecular weight is 409 g/mol. The van der Waals surface area contributed by atoms with Crippen molar-refractivity contribution in [1.82, 2.24) is 15.2 Å². The normalized spacial score (nSPS) is 20.9. The highest BCUT2D eigenvalue weighted by Gasteiger charge is 2.42. The van der Waals surface area contributed by atoms with Crippen LogP contribution in [0.15, 0.2) is 48.7 Å². The highest BCUT2D eigenvalue weighted by molar-refractivity contribution is 5.92. The van der Waals surface area contributed by atoms with Gasteiger partial charge in [0.05, 0.1) is 11.7 Å². The van der Waals surface area contributed by atoms with Crippen LogP contribution in [0.2, 0.25) is 0 Å². The zero-order chi connectivity index (χ0) is 21.0. The molecule has 160 valence electrons. The molecule has 1 aromatic heterocycles. The van der Waals surface area contributed by atoms with E-state index in [9.17, 15) is 4.79 Å². The molecule has 2 aliphatic heterocycles. The SMILES string of the molecule is CN(C)c1ccc(CN2CCC3(CC[C@H](CNC(=O)c4ccccn4)O3)CC2)cc1. The fourth-order valence-corrected chi connectivity index (χ4v) is 4.48. The number of likely N-dealkylation sites (tertiary alicyclic amines) is 1. The molecule has 6 nitrogen and oxygen atoms in total. The fraction of sp³-hybridized carbons (Fsp3) is 0.500. The summed E-state index contributed by atoms with van der Waals surface area (Å²) in [5.74, 6) is -0.129. The van der Waals surface area contributed by atoms with Crippen LogP contribution < -0.4 is 10.2 Å². The molecule has 1 spiro atoms. The third-order valence-electron chi connectivity index (χ3n) is 6.35. The lowest BCUT2D eigenvalue weighted by molar-refractivity contribution is -0.0764. The second-order valence-corrected chi connectivity index (χ2v) is 8.72. The number of pyridine rings is 1. The van der Waals surface area contributed by atoms with E-state index in [1.807, 2.05) is 12.1 Å². The number of hydrogen-bond acceptors (Lipinski definition) is 5. The van der Waals surface area contributed by atoms with Crippen molar-refractivity contribution in [3.63, 3.8) is 0 Å². The van der Waals surface area contributed by atoms with E-state index < -0.39 is 0 Å². The van der Waals surface area contributed by atoms with Crippen molar-refractivity contribution in [3.8, 4) is 0 Å². The van der Waals surface area contributed by atoms with E-state index in [2.05, 4.69) is 58.5 Å². The van der Waals surface area contributed by atoms with Gasteiger partial charge in [0, 0.05) is 52.2 Å². The number of anilines is 1. The average Bonchev–Trinajstić information content (AvgIpc) is 3.17. The van der Waals surface area contributed by atoms with Gasteiger partial charge in [-0.05, 0) is 55.5 Å². The van der Waals surface area contributed by atoms with Crippen molar-refractivity contribution < 1.29 is 9.53 Å². The molecule has 0 bridgehead atoms. The van der Waals surface area contributed by atoms with Crippen LogP contribution in [-0.2, 0) is 11.3 Å². The Morgan fingerprint density at radius 1 is 1.17 bits per heavy atom. The number of carbonyl (C=O) groups excluding carboxylic acids is 1. The molecule has 2 aliphatic rings. The van der Waals surface area contributed by atoms with Crippen LogP contribution in [0.5, 0.6) is 0 Å². The lowest BCUT2D eigenvalue weighted by Crippen LogP contribution is -2.44. The lowest BCUT2D eigenvalue weighted by Gasteiger charge is -2.39. The summed E-state index contributed by atoms with van der Waals surface area (Å²) in [4.78, 5) is 21.0. The van der Waals surface area contributed by atoms with Gasteiger partial charge in [0.15, 0.2) is 0 Å². The van der Waals surface area contributed by atoms with Crippen LogP contribution in [0.3, 0.4) is 0 Å². The molecule has 0 unspecified atom stereocenters. The maximum Gasteiger partial charge on any atom is 0.269 e. The van der Waals surface area contributed by atoms with E-state index >= 15 is 0 Å².